The Kier molecular flexibility index (Phi) is 3.62. The monoisotopic (exact) mass is 217 g/mol. The van der Waals surface area contributed by atoms with Gasteiger partial charge in [0.25, 0.3) is 0 Å². The lowest BCUT2D eigenvalue weighted by Gasteiger charge is -2.14. The first-order chi connectivity index (χ1) is 7.63. The van der Waals surface area contributed by atoms with Crippen molar-refractivity contribution in [3.63, 3.8) is 0 Å². The molecule has 1 aromatic rings. The molecular formula is C10H11N5O. The van der Waals surface area contributed by atoms with Crippen molar-refractivity contribution < 1.29 is 4.79 Å². The molecule has 0 spiro atoms. The van der Waals surface area contributed by atoms with Gasteiger partial charge < -0.3 is 9.47 Å². The van der Waals surface area contributed by atoms with E-state index in [4.69, 9.17) is 10.5 Å². The van der Waals surface area contributed by atoms with Crippen molar-refractivity contribution in [2.24, 2.45) is 0 Å². The van der Waals surface area contributed by atoms with E-state index in [1.807, 2.05) is 13.0 Å². The Labute approximate surface area is 93.3 Å². The number of likely N-dealkylation sites (N-methyl/N-ethyl adjacent to an activating group) is 1. The predicted octanol–water partition coefficient (Wildman–Crippen LogP) is 0.105. The highest BCUT2D eigenvalue weighted by atomic mass is 16.2. The molecule has 1 rings (SSSR count). The molecular weight excluding hydrogens is 206 g/mol. The maximum atomic E-state index is 11.6. The summed E-state index contributed by atoms with van der Waals surface area (Å²) in [5.41, 5.74) is 0.176. The minimum Gasteiger partial charge on any atom is -0.344 e. The van der Waals surface area contributed by atoms with Crippen LogP contribution in [0, 0.1) is 22.7 Å². The largest absolute Gasteiger partial charge is 0.344 e. The third-order valence-electron chi connectivity index (χ3n) is 2.26. The SMILES string of the molecule is CCN(C)C(=O)Cn1cnc(C#N)c1C#N. The predicted molar refractivity (Wildman–Crippen MR) is 55.0 cm³/mol. The van der Waals surface area contributed by atoms with Crippen LogP contribution >= 0.6 is 0 Å². The zero-order valence-electron chi connectivity index (χ0n) is 9.14. The number of aromatic nitrogens is 2. The van der Waals surface area contributed by atoms with Gasteiger partial charge >= 0.3 is 0 Å². The topological polar surface area (TPSA) is 85.7 Å². The molecule has 0 saturated heterocycles. The highest BCUT2D eigenvalue weighted by Crippen LogP contribution is 2.05. The van der Waals surface area contributed by atoms with Crippen LogP contribution in [0.25, 0.3) is 0 Å². The molecule has 16 heavy (non-hydrogen) atoms. The molecule has 6 nitrogen and oxygen atoms in total. The van der Waals surface area contributed by atoms with E-state index in [1.54, 1.807) is 13.1 Å². The van der Waals surface area contributed by atoms with E-state index in [1.165, 1.54) is 15.8 Å². The maximum absolute atomic E-state index is 11.6. The summed E-state index contributed by atoms with van der Waals surface area (Å²) in [6.07, 6.45) is 1.33. The van der Waals surface area contributed by atoms with Gasteiger partial charge in [0.05, 0.1) is 6.33 Å². The molecule has 0 aliphatic heterocycles. The first kappa shape index (κ1) is 11.7. The van der Waals surface area contributed by atoms with Crippen molar-refractivity contribution in [1.82, 2.24) is 14.5 Å². The highest BCUT2D eigenvalue weighted by Gasteiger charge is 2.14. The van der Waals surface area contributed by atoms with Crippen LogP contribution in [0.5, 0.6) is 0 Å². The number of hydrogen-bond acceptors (Lipinski definition) is 4. The third kappa shape index (κ3) is 2.18. The zero-order valence-corrected chi connectivity index (χ0v) is 9.14. The highest BCUT2D eigenvalue weighted by molar-refractivity contribution is 5.75. The number of nitriles is 2. The van der Waals surface area contributed by atoms with Gasteiger partial charge in [-0.1, -0.05) is 0 Å². The van der Waals surface area contributed by atoms with E-state index in [0.717, 1.165) is 0 Å². The fourth-order valence-corrected chi connectivity index (χ4v) is 1.14. The number of rotatable bonds is 3. The Morgan fingerprint density at radius 2 is 2.25 bits per heavy atom. The van der Waals surface area contributed by atoms with E-state index < -0.39 is 0 Å². The Hall–Kier alpha value is -2.34. The second-order valence-electron chi connectivity index (χ2n) is 3.20. The van der Waals surface area contributed by atoms with Crippen molar-refractivity contribution in [1.29, 1.82) is 10.5 Å². The smallest absolute Gasteiger partial charge is 0.242 e. The van der Waals surface area contributed by atoms with E-state index >= 15 is 0 Å². The summed E-state index contributed by atoms with van der Waals surface area (Å²) in [5.74, 6) is -0.124. The second kappa shape index (κ2) is 4.94. The van der Waals surface area contributed by atoms with Gasteiger partial charge in [-0.15, -0.1) is 0 Å². The van der Waals surface area contributed by atoms with Crippen molar-refractivity contribution >= 4 is 5.91 Å². The molecule has 0 atom stereocenters. The van der Waals surface area contributed by atoms with Gasteiger partial charge in [-0.05, 0) is 6.92 Å². The standard InChI is InChI=1S/C10H11N5O/c1-3-14(2)10(16)6-15-7-13-8(4-11)9(15)5-12/h7H,3,6H2,1-2H3. The molecule has 0 aliphatic carbocycles. The molecule has 1 aromatic heterocycles. The van der Waals surface area contributed by atoms with Gasteiger partial charge in [-0.2, -0.15) is 10.5 Å². The number of nitrogens with zero attached hydrogens (tertiary/aromatic N) is 5. The van der Waals surface area contributed by atoms with E-state index in [0.29, 0.717) is 6.54 Å². The zero-order chi connectivity index (χ0) is 12.1. The van der Waals surface area contributed by atoms with Gasteiger partial charge in [0, 0.05) is 13.6 Å². The van der Waals surface area contributed by atoms with Crippen LogP contribution in [0.2, 0.25) is 0 Å². The molecule has 0 fully saturated rings. The van der Waals surface area contributed by atoms with Crippen molar-refractivity contribution in [2.45, 2.75) is 13.5 Å². The van der Waals surface area contributed by atoms with Crippen molar-refractivity contribution in [3.05, 3.63) is 17.7 Å². The van der Waals surface area contributed by atoms with Crippen molar-refractivity contribution in [3.8, 4) is 12.1 Å². The molecule has 6 heteroatoms. The summed E-state index contributed by atoms with van der Waals surface area (Å²) < 4.78 is 1.38. The van der Waals surface area contributed by atoms with Gasteiger partial charge in [-0.3, -0.25) is 4.79 Å². The number of carbonyl (C=O) groups excluding carboxylic acids is 1. The normalized spacial score (nSPS) is 9.25. The number of imidazole rings is 1. The average Bonchev–Trinajstić information content (AvgIpc) is 2.69. The first-order valence-electron chi connectivity index (χ1n) is 4.73. The minimum absolute atomic E-state index is 0.0297. The molecule has 1 amide bonds. The van der Waals surface area contributed by atoms with Crippen LogP contribution in [0.15, 0.2) is 6.33 Å². The number of amides is 1. The summed E-state index contributed by atoms with van der Waals surface area (Å²) in [7, 11) is 1.68. The summed E-state index contributed by atoms with van der Waals surface area (Å²) in [6, 6.07) is 3.67. The maximum Gasteiger partial charge on any atom is 0.242 e. The summed E-state index contributed by atoms with van der Waals surface area (Å²) in [4.78, 5) is 16.9. The lowest BCUT2D eigenvalue weighted by molar-refractivity contribution is -0.130. The molecule has 0 unspecified atom stereocenters. The molecule has 0 saturated carbocycles. The Morgan fingerprint density at radius 1 is 1.56 bits per heavy atom. The molecule has 0 aliphatic rings. The fraction of sp³-hybridized carbons (Fsp3) is 0.400. The number of carbonyl (C=O) groups is 1. The van der Waals surface area contributed by atoms with Gasteiger partial charge in [0.1, 0.15) is 18.7 Å². The molecule has 0 radical (unpaired) electrons. The summed E-state index contributed by atoms with van der Waals surface area (Å²) >= 11 is 0. The third-order valence-corrected chi connectivity index (χ3v) is 2.26. The lowest BCUT2D eigenvalue weighted by atomic mass is 10.3. The minimum atomic E-state index is -0.124. The molecule has 0 aromatic carbocycles. The second-order valence-corrected chi connectivity index (χ2v) is 3.20. The fourth-order valence-electron chi connectivity index (χ4n) is 1.14. The van der Waals surface area contributed by atoms with Gasteiger partial charge in [0.2, 0.25) is 5.91 Å². The summed E-state index contributed by atoms with van der Waals surface area (Å²) in [5, 5.41) is 17.5. The van der Waals surface area contributed by atoms with Crippen LogP contribution in [0.4, 0.5) is 0 Å². The van der Waals surface area contributed by atoms with E-state index in [2.05, 4.69) is 4.98 Å². The van der Waals surface area contributed by atoms with E-state index in [9.17, 15) is 4.79 Å². The van der Waals surface area contributed by atoms with E-state index in [-0.39, 0.29) is 23.8 Å². The Morgan fingerprint density at radius 3 is 2.75 bits per heavy atom. The molecule has 0 N–H and O–H groups in total. The first-order valence-corrected chi connectivity index (χ1v) is 4.73. The Bertz CT molecular complexity index is 476. The molecule has 1 heterocycles. The molecule has 0 bridgehead atoms. The Balaban J connectivity index is 2.92. The lowest BCUT2D eigenvalue weighted by Crippen LogP contribution is -2.30. The quantitative estimate of drug-likeness (QED) is 0.718. The number of hydrogen-bond donors (Lipinski definition) is 0. The van der Waals surface area contributed by atoms with Gasteiger partial charge in [-0.25, -0.2) is 4.98 Å². The van der Waals surface area contributed by atoms with Crippen LogP contribution in [-0.4, -0.2) is 34.0 Å². The van der Waals surface area contributed by atoms with Crippen molar-refractivity contribution in [2.75, 3.05) is 13.6 Å². The van der Waals surface area contributed by atoms with Crippen LogP contribution in [0.1, 0.15) is 18.3 Å². The molecule has 82 valence electrons. The van der Waals surface area contributed by atoms with Crippen LogP contribution < -0.4 is 0 Å². The van der Waals surface area contributed by atoms with Gasteiger partial charge in [0.15, 0.2) is 11.4 Å². The average molecular weight is 217 g/mol. The van der Waals surface area contributed by atoms with Crippen LogP contribution in [-0.2, 0) is 11.3 Å². The summed E-state index contributed by atoms with van der Waals surface area (Å²) in [6.45, 7) is 2.49. The van der Waals surface area contributed by atoms with Crippen LogP contribution in [0.3, 0.4) is 0 Å².